The quantitative estimate of drug-likeness (QED) is 0.812. The Morgan fingerprint density at radius 1 is 1.29 bits per heavy atom. The van der Waals surface area contributed by atoms with Gasteiger partial charge in [-0.3, -0.25) is 19.1 Å². The number of nitrogens with zero attached hydrogens (tertiary/aromatic N) is 5. The summed E-state index contributed by atoms with van der Waals surface area (Å²) in [5.41, 5.74) is 1.80. The van der Waals surface area contributed by atoms with Gasteiger partial charge in [0.1, 0.15) is 0 Å². The average molecular weight is 379 g/mol. The lowest BCUT2D eigenvalue weighted by Gasteiger charge is -2.35. The number of amides is 2. The zero-order chi connectivity index (χ0) is 19.5. The Morgan fingerprint density at radius 3 is 2.96 bits per heavy atom. The molecular weight excluding hydrogens is 358 g/mol. The van der Waals surface area contributed by atoms with E-state index in [4.69, 9.17) is 10.1 Å². The minimum Gasteiger partial charge on any atom is -0.331 e. The lowest BCUT2D eigenvalue weighted by molar-refractivity contribution is -0.198. The maximum absolute atomic E-state index is 13.0. The molecule has 2 aliphatic rings. The maximum Gasteiger partial charge on any atom is 0.254 e. The van der Waals surface area contributed by atoms with Crippen molar-refractivity contribution in [1.29, 1.82) is 5.26 Å². The molecule has 2 aliphatic heterocycles. The van der Waals surface area contributed by atoms with E-state index in [0.717, 1.165) is 18.5 Å². The highest BCUT2D eigenvalue weighted by Crippen LogP contribution is 2.25. The molecule has 144 valence electrons. The third-order valence-electron chi connectivity index (χ3n) is 5.10. The van der Waals surface area contributed by atoms with Gasteiger partial charge in [0, 0.05) is 24.8 Å². The molecule has 1 unspecified atom stereocenters. The van der Waals surface area contributed by atoms with Crippen LogP contribution in [0.1, 0.15) is 46.9 Å². The molecule has 28 heavy (non-hydrogen) atoms. The monoisotopic (exact) mass is 379 g/mol. The first-order chi connectivity index (χ1) is 13.7. The minimum atomic E-state index is -0.250. The average Bonchev–Trinajstić information content (AvgIpc) is 3.23. The fourth-order valence-corrected chi connectivity index (χ4v) is 3.69. The summed E-state index contributed by atoms with van der Waals surface area (Å²) in [6.07, 6.45) is 3.80. The van der Waals surface area contributed by atoms with Crippen LogP contribution >= 0.6 is 0 Å². The Bertz CT molecular complexity index is 926. The molecule has 2 aromatic rings. The van der Waals surface area contributed by atoms with Crippen molar-refractivity contribution in [2.75, 3.05) is 19.7 Å². The Labute approximate surface area is 162 Å². The van der Waals surface area contributed by atoms with Gasteiger partial charge in [-0.2, -0.15) is 10.4 Å². The number of carbonyl (C=O) groups excluding carboxylic acids is 2. The van der Waals surface area contributed by atoms with Gasteiger partial charge in [0.15, 0.2) is 0 Å². The van der Waals surface area contributed by atoms with Crippen molar-refractivity contribution in [1.82, 2.24) is 19.7 Å². The first-order valence-electron chi connectivity index (χ1n) is 9.41. The predicted octanol–water partition coefficient (Wildman–Crippen LogP) is 1.90. The summed E-state index contributed by atoms with van der Waals surface area (Å²) in [4.78, 5) is 32.8. The topological polar surface area (TPSA) is 91.5 Å². The van der Waals surface area contributed by atoms with Crippen LogP contribution in [-0.2, 0) is 16.2 Å². The summed E-state index contributed by atoms with van der Waals surface area (Å²) in [7, 11) is 0. The van der Waals surface area contributed by atoms with Gasteiger partial charge < -0.3 is 4.90 Å². The zero-order valence-electron chi connectivity index (χ0n) is 15.5. The molecule has 4 rings (SSSR count). The molecule has 8 heteroatoms. The molecule has 0 radical (unpaired) electrons. The highest BCUT2D eigenvalue weighted by molar-refractivity contribution is 5.94. The molecule has 3 heterocycles. The second-order valence-electron chi connectivity index (χ2n) is 7.04. The molecule has 0 saturated carbocycles. The van der Waals surface area contributed by atoms with E-state index < -0.39 is 0 Å². The Morgan fingerprint density at radius 2 is 2.18 bits per heavy atom. The van der Waals surface area contributed by atoms with Crippen LogP contribution < -0.4 is 0 Å². The van der Waals surface area contributed by atoms with E-state index in [9.17, 15) is 9.59 Å². The zero-order valence-corrected chi connectivity index (χ0v) is 15.5. The SMILES string of the molecule is N#Cc1cccc(C(=O)N2Cc3ccnn3C(CC(=O)N3CCCCO3)C2)c1. The van der Waals surface area contributed by atoms with Crippen LogP contribution in [0.4, 0.5) is 0 Å². The molecule has 8 nitrogen and oxygen atoms in total. The molecule has 1 aromatic carbocycles. The van der Waals surface area contributed by atoms with Crippen molar-refractivity contribution in [2.45, 2.75) is 31.8 Å². The highest BCUT2D eigenvalue weighted by atomic mass is 16.7. The van der Waals surface area contributed by atoms with Gasteiger partial charge in [0.2, 0.25) is 5.91 Å². The third-order valence-corrected chi connectivity index (χ3v) is 5.10. The number of nitriles is 1. The first-order valence-corrected chi connectivity index (χ1v) is 9.41. The van der Waals surface area contributed by atoms with Crippen molar-refractivity contribution in [3.05, 3.63) is 53.3 Å². The number of rotatable bonds is 3. The number of carbonyl (C=O) groups is 2. The molecule has 0 N–H and O–H groups in total. The molecule has 1 atom stereocenters. The maximum atomic E-state index is 13.0. The lowest BCUT2D eigenvalue weighted by atomic mass is 10.1. The number of aromatic nitrogens is 2. The van der Waals surface area contributed by atoms with Gasteiger partial charge in [-0.05, 0) is 37.1 Å². The number of fused-ring (bicyclic) bond motifs is 1. The van der Waals surface area contributed by atoms with Crippen LogP contribution in [0.25, 0.3) is 0 Å². The van der Waals surface area contributed by atoms with Crippen molar-refractivity contribution in [3.63, 3.8) is 0 Å². The summed E-state index contributed by atoms with van der Waals surface area (Å²) in [6, 6.07) is 10.3. The summed E-state index contributed by atoms with van der Waals surface area (Å²) in [6.45, 7) is 1.95. The molecule has 1 aromatic heterocycles. The predicted molar refractivity (Wildman–Crippen MR) is 98.7 cm³/mol. The normalized spacial score (nSPS) is 19.0. The van der Waals surface area contributed by atoms with E-state index in [1.54, 1.807) is 35.4 Å². The largest absolute Gasteiger partial charge is 0.331 e. The van der Waals surface area contributed by atoms with Crippen LogP contribution in [0.3, 0.4) is 0 Å². The van der Waals surface area contributed by atoms with Gasteiger partial charge in [-0.1, -0.05) is 6.07 Å². The van der Waals surface area contributed by atoms with Gasteiger partial charge in [-0.15, -0.1) is 0 Å². The van der Waals surface area contributed by atoms with Crippen LogP contribution in [0, 0.1) is 11.3 Å². The minimum absolute atomic E-state index is 0.0908. The van der Waals surface area contributed by atoms with Crippen molar-refractivity contribution >= 4 is 11.8 Å². The van der Waals surface area contributed by atoms with E-state index in [1.807, 2.05) is 10.7 Å². The molecule has 0 aliphatic carbocycles. The fraction of sp³-hybridized carbons (Fsp3) is 0.400. The van der Waals surface area contributed by atoms with E-state index in [0.29, 0.717) is 37.4 Å². The number of hydroxylamine groups is 2. The van der Waals surface area contributed by atoms with Crippen LogP contribution in [-0.4, -0.2) is 51.3 Å². The summed E-state index contributed by atoms with van der Waals surface area (Å²) < 4.78 is 1.83. The van der Waals surface area contributed by atoms with Gasteiger partial charge in [0.25, 0.3) is 5.91 Å². The second-order valence-corrected chi connectivity index (χ2v) is 7.04. The van der Waals surface area contributed by atoms with Crippen molar-refractivity contribution in [2.24, 2.45) is 0 Å². The number of hydrogen-bond acceptors (Lipinski definition) is 5. The second kappa shape index (κ2) is 7.82. The van der Waals surface area contributed by atoms with Crippen molar-refractivity contribution in [3.8, 4) is 6.07 Å². The Kier molecular flexibility index (Phi) is 5.08. The number of benzene rings is 1. The van der Waals surface area contributed by atoms with Gasteiger partial charge >= 0.3 is 0 Å². The molecule has 0 spiro atoms. The van der Waals surface area contributed by atoms with E-state index in [1.165, 1.54) is 5.06 Å². The Hall–Kier alpha value is -3.18. The van der Waals surface area contributed by atoms with Gasteiger partial charge in [0.05, 0.1) is 42.9 Å². The van der Waals surface area contributed by atoms with E-state index in [2.05, 4.69) is 11.2 Å². The summed E-state index contributed by atoms with van der Waals surface area (Å²) in [5.74, 6) is -0.247. The summed E-state index contributed by atoms with van der Waals surface area (Å²) >= 11 is 0. The van der Waals surface area contributed by atoms with E-state index in [-0.39, 0.29) is 24.3 Å². The van der Waals surface area contributed by atoms with E-state index >= 15 is 0 Å². The number of hydrogen-bond donors (Lipinski definition) is 0. The van der Waals surface area contributed by atoms with Crippen LogP contribution in [0.5, 0.6) is 0 Å². The van der Waals surface area contributed by atoms with Crippen LogP contribution in [0.2, 0.25) is 0 Å². The van der Waals surface area contributed by atoms with Crippen LogP contribution in [0.15, 0.2) is 36.5 Å². The highest BCUT2D eigenvalue weighted by Gasteiger charge is 2.32. The Balaban J connectivity index is 1.52. The first kappa shape index (κ1) is 18.2. The summed E-state index contributed by atoms with van der Waals surface area (Å²) in [5, 5.41) is 14.9. The molecule has 0 bridgehead atoms. The fourth-order valence-electron chi connectivity index (χ4n) is 3.69. The van der Waals surface area contributed by atoms with Crippen molar-refractivity contribution < 1.29 is 14.4 Å². The molecular formula is C20H21N5O3. The molecule has 1 fully saturated rings. The molecule has 1 saturated heterocycles. The van der Waals surface area contributed by atoms with Gasteiger partial charge in [-0.25, -0.2) is 5.06 Å². The smallest absolute Gasteiger partial charge is 0.254 e. The lowest BCUT2D eigenvalue weighted by Crippen LogP contribution is -2.44. The third kappa shape index (κ3) is 3.62. The standard InChI is InChI=1S/C20H21N5O3/c21-12-15-4-3-5-16(10-15)20(27)23-13-17-6-7-22-25(17)18(14-23)11-19(26)24-8-1-2-9-28-24/h3-7,10,18H,1-2,8-9,11,13-14H2. The molecule has 2 amide bonds.